The van der Waals surface area contributed by atoms with Crippen molar-refractivity contribution in [1.29, 1.82) is 0 Å². The van der Waals surface area contributed by atoms with E-state index in [9.17, 15) is 4.39 Å². The first-order valence-corrected chi connectivity index (χ1v) is 5.41. The Bertz CT molecular complexity index is 316. The first kappa shape index (κ1) is 13.6. The highest BCUT2D eigenvalue weighted by atomic mass is 79.9. The van der Waals surface area contributed by atoms with Crippen LogP contribution in [0.25, 0.3) is 0 Å². The molecule has 1 fully saturated rings. The monoisotopic (exact) mass is 289 g/mol. The molecular weight excluding hydrogens is 273 g/mol. The number of rotatable bonds is 4. The lowest BCUT2D eigenvalue weighted by Gasteiger charge is -2.10. The molecule has 1 N–H and O–H groups in total. The second-order valence-electron chi connectivity index (χ2n) is 3.90. The van der Waals surface area contributed by atoms with Gasteiger partial charge in [0.1, 0.15) is 5.82 Å². The molecule has 90 valence electrons. The minimum absolute atomic E-state index is 0. The van der Waals surface area contributed by atoms with Gasteiger partial charge in [0.25, 0.3) is 0 Å². The van der Waals surface area contributed by atoms with Gasteiger partial charge >= 0.3 is 0 Å². The van der Waals surface area contributed by atoms with Gasteiger partial charge in [0, 0.05) is 19.7 Å². The quantitative estimate of drug-likeness (QED) is 0.920. The van der Waals surface area contributed by atoms with E-state index in [-0.39, 0.29) is 22.8 Å². The largest absolute Gasteiger partial charge is 0.377 e. The summed E-state index contributed by atoms with van der Waals surface area (Å²) in [6, 6.07) is 6.68. The molecule has 0 amide bonds. The highest BCUT2D eigenvalue weighted by Crippen LogP contribution is 2.11. The van der Waals surface area contributed by atoms with Gasteiger partial charge in [-0.2, -0.15) is 0 Å². The fraction of sp³-hybridized carbons (Fsp3) is 0.500. The lowest BCUT2D eigenvalue weighted by molar-refractivity contribution is 0.110. The third-order valence-electron chi connectivity index (χ3n) is 2.61. The van der Waals surface area contributed by atoms with Crippen LogP contribution >= 0.6 is 17.0 Å². The van der Waals surface area contributed by atoms with E-state index in [0.717, 1.165) is 31.6 Å². The summed E-state index contributed by atoms with van der Waals surface area (Å²) in [5, 5.41) is 3.28. The third-order valence-corrected chi connectivity index (χ3v) is 2.61. The predicted molar refractivity (Wildman–Crippen MR) is 67.4 cm³/mol. The van der Waals surface area contributed by atoms with E-state index < -0.39 is 0 Å². The van der Waals surface area contributed by atoms with Gasteiger partial charge in [-0.25, -0.2) is 4.39 Å². The Kier molecular flexibility index (Phi) is 5.95. The smallest absolute Gasteiger partial charge is 0.123 e. The molecule has 0 aromatic heterocycles. The van der Waals surface area contributed by atoms with Crippen LogP contribution in [-0.2, 0) is 11.3 Å². The number of ether oxygens (including phenoxy) is 1. The summed E-state index contributed by atoms with van der Waals surface area (Å²) < 4.78 is 18.3. The Balaban J connectivity index is 0.00000128. The van der Waals surface area contributed by atoms with E-state index in [1.807, 2.05) is 6.07 Å². The molecule has 2 nitrogen and oxygen atoms in total. The van der Waals surface area contributed by atoms with Crippen LogP contribution in [0.4, 0.5) is 4.39 Å². The van der Waals surface area contributed by atoms with Crippen molar-refractivity contribution >= 4 is 17.0 Å². The fourth-order valence-electron chi connectivity index (χ4n) is 1.83. The van der Waals surface area contributed by atoms with E-state index >= 15 is 0 Å². The van der Waals surface area contributed by atoms with Crippen LogP contribution in [0.5, 0.6) is 0 Å². The predicted octanol–water partition coefficient (Wildman–Crippen LogP) is 2.67. The molecule has 4 heteroatoms. The number of nitrogens with one attached hydrogen (secondary N) is 1. The lowest BCUT2D eigenvalue weighted by Crippen LogP contribution is -2.25. The maximum Gasteiger partial charge on any atom is 0.123 e. The Labute approximate surface area is 106 Å². The second kappa shape index (κ2) is 6.99. The zero-order valence-corrected chi connectivity index (χ0v) is 10.8. The van der Waals surface area contributed by atoms with E-state index in [1.54, 1.807) is 12.1 Å². The Hall–Kier alpha value is -0.450. The molecule has 1 unspecified atom stereocenters. The van der Waals surface area contributed by atoms with Crippen molar-refractivity contribution in [3.63, 3.8) is 0 Å². The number of hydrogen-bond donors (Lipinski definition) is 1. The van der Waals surface area contributed by atoms with E-state index in [1.165, 1.54) is 6.07 Å². The summed E-state index contributed by atoms with van der Waals surface area (Å²) in [4.78, 5) is 0. The van der Waals surface area contributed by atoms with Crippen LogP contribution in [0, 0.1) is 5.82 Å². The van der Waals surface area contributed by atoms with Gasteiger partial charge in [0.2, 0.25) is 0 Å². The molecule has 16 heavy (non-hydrogen) atoms. The maximum atomic E-state index is 12.8. The van der Waals surface area contributed by atoms with Crippen molar-refractivity contribution in [3.8, 4) is 0 Å². The SMILES string of the molecule is Br.Fc1cccc(CNCC2CCCO2)c1. The van der Waals surface area contributed by atoms with Gasteiger partial charge in [-0.05, 0) is 30.5 Å². The van der Waals surface area contributed by atoms with Gasteiger partial charge in [0.05, 0.1) is 6.10 Å². The molecule has 1 aliphatic rings. The zero-order chi connectivity index (χ0) is 10.5. The minimum Gasteiger partial charge on any atom is -0.377 e. The summed E-state index contributed by atoms with van der Waals surface area (Å²) in [7, 11) is 0. The molecule has 1 aromatic rings. The van der Waals surface area contributed by atoms with E-state index in [2.05, 4.69) is 5.32 Å². The summed E-state index contributed by atoms with van der Waals surface area (Å²) in [6.45, 7) is 2.44. The molecule has 1 aromatic carbocycles. The van der Waals surface area contributed by atoms with E-state index in [0.29, 0.717) is 12.6 Å². The summed E-state index contributed by atoms with van der Waals surface area (Å²) in [5.41, 5.74) is 0.980. The molecular formula is C12H17BrFNO. The first-order chi connectivity index (χ1) is 7.34. The van der Waals surface area contributed by atoms with Gasteiger partial charge in [-0.1, -0.05) is 12.1 Å². The Morgan fingerprint density at radius 2 is 2.31 bits per heavy atom. The van der Waals surface area contributed by atoms with Gasteiger partial charge < -0.3 is 10.1 Å². The summed E-state index contributed by atoms with van der Waals surface area (Å²) in [5.74, 6) is -0.175. The minimum atomic E-state index is -0.175. The molecule has 0 saturated carbocycles. The summed E-state index contributed by atoms with van der Waals surface area (Å²) in [6.07, 6.45) is 2.64. The highest BCUT2D eigenvalue weighted by Gasteiger charge is 2.14. The Morgan fingerprint density at radius 1 is 1.44 bits per heavy atom. The van der Waals surface area contributed by atoms with Crippen molar-refractivity contribution in [1.82, 2.24) is 5.32 Å². The molecule has 0 bridgehead atoms. The third kappa shape index (κ3) is 4.20. The van der Waals surface area contributed by atoms with Crippen molar-refractivity contribution in [2.45, 2.75) is 25.5 Å². The zero-order valence-electron chi connectivity index (χ0n) is 9.12. The van der Waals surface area contributed by atoms with Crippen LogP contribution < -0.4 is 5.32 Å². The van der Waals surface area contributed by atoms with Crippen LogP contribution in [0.15, 0.2) is 24.3 Å². The molecule has 0 spiro atoms. The normalized spacial score (nSPS) is 19.4. The average Bonchev–Trinajstić information content (AvgIpc) is 2.71. The van der Waals surface area contributed by atoms with Crippen LogP contribution in [0.3, 0.4) is 0 Å². The van der Waals surface area contributed by atoms with Gasteiger partial charge in [0.15, 0.2) is 0 Å². The van der Waals surface area contributed by atoms with Crippen LogP contribution in [0.2, 0.25) is 0 Å². The van der Waals surface area contributed by atoms with Crippen LogP contribution in [-0.4, -0.2) is 19.3 Å². The molecule has 1 aliphatic heterocycles. The number of halogens is 2. The Morgan fingerprint density at radius 3 is 3.00 bits per heavy atom. The van der Waals surface area contributed by atoms with Gasteiger partial charge in [-0.3, -0.25) is 0 Å². The summed E-state index contributed by atoms with van der Waals surface area (Å²) >= 11 is 0. The molecule has 1 saturated heterocycles. The number of hydrogen-bond acceptors (Lipinski definition) is 2. The van der Waals surface area contributed by atoms with Crippen molar-refractivity contribution < 1.29 is 9.13 Å². The molecule has 1 heterocycles. The molecule has 2 rings (SSSR count). The topological polar surface area (TPSA) is 21.3 Å². The second-order valence-corrected chi connectivity index (χ2v) is 3.90. The molecule has 0 radical (unpaired) electrons. The van der Waals surface area contributed by atoms with Crippen LogP contribution in [0.1, 0.15) is 18.4 Å². The number of benzene rings is 1. The highest BCUT2D eigenvalue weighted by molar-refractivity contribution is 8.93. The first-order valence-electron chi connectivity index (χ1n) is 5.41. The standard InChI is InChI=1S/C12H16FNO.BrH/c13-11-4-1-3-10(7-11)8-14-9-12-5-2-6-15-12;/h1,3-4,7,12,14H,2,5-6,8-9H2;1H. The maximum absolute atomic E-state index is 12.8. The average molecular weight is 290 g/mol. The van der Waals surface area contributed by atoms with E-state index in [4.69, 9.17) is 4.74 Å². The van der Waals surface area contributed by atoms with Crippen molar-refractivity contribution in [3.05, 3.63) is 35.6 Å². The lowest BCUT2D eigenvalue weighted by atomic mass is 10.2. The van der Waals surface area contributed by atoms with Crippen molar-refractivity contribution in [2.24, 2.45) is 0 Å². The molecule has 1 atom stereocenters. The molecule has 0 aliphatic carbocycles. The fourth-order valence-corrected chi connectivity index (χ4v) is 1.83. The van der Waals surface area contributed by atoms with Crippen molar-refractivity contribution in [2.75, 3.05) is 13.2 Å². The van der Waals surface area contributed by atoms with Gasteiger partial charge in [-0.15, -0.1) is 17.0 Å².